The van der Waals surface area contributed by atoms with Gasteiger partial charge in [-0.05, 0) is 12.1 Å². The van der Waals surface area contributed by atoms with Gasteiger partial charge in [0, 0.05) is 7.05 Å². The summed E-state index contributed by atoms with van der Waals surface area (Å²) < 4.78 is 0. The lowest BCUT2D eigenvalue weighted by molar-refractivity contribution is -0.384. The molecule has 2 N–H and O–H groups in total. The van der Waals surface area contributed by atoms with Gasteiger partial charge in [0.25, 0.3) is 5.91 Å². The number of nitro benzene ring substituents is 1. The van der Waals surface area contributed by atoms with Crippen LogP contribution in [0.4, 0.5) is 16.5 Å². The molecule has 8 nitrogen and oxygen atoms in total. The fourth-order valence-corrected chi connectivity index (χ4v) is 1.96. The molecule has 0 atom stereocenters. The average Bonchev–Trinajstić information content (AvgIpc) is 2.90. The summed E-state index contributed by atoms with van der Waals surface area (Å²) in [6, 6.07) is 4.48. The smallest absolute Gasteiger partial charge is 0.305 e. The molecule has 1 aromatic carbocycles. The number of benzene rings is 1. The van der Waals surface area contributed by atoms with Gasteiger partial charge in [-0.25, -0.2) is 0 Å². The molecule has 19 heavy (non-hydrogen) atoms. The normalized spacial score (nSPS) is 9.95. The maximum atomic E-state index is 12.0. The van der Waals surface area contributed by atoms with Gasteiger partial charge >= 0.3 is 5.69 Å². The highest BCUT2D eigenvalue weighted by Gasteiger charge is 2.24. The lowest BCUT2D eigenvalue weighted by Crippen LogP contribution is -2.14. The minimum Gasteiger partial charge on any atom is -0.383 e. The molecule has 0 saturated heterocycles. The maximum Gasteiger partial charge on any atom is 0.305 e. The summed E-state index contributed by atoms with van der Waals surface area (Å²) >= 11 is 1.13. The van der Waals surface area contributed by atoms with Crippen molar-refractivity contribution in [2.24, 2.45) is 0 Å². The van der Waals surface area contributed by atoms with Crippen molar-refractivity contribution in [3.05, 3.63) is 39.4 Å². The van der Waals surface area contributed by atoms with Crippen molar-refractivity contribution in [2.75, 3.05) is 17.7 Å². The quantitative estimate of drug-likeness (QED) is 0.651. The molecule has 1 aromatic heterocycles. The molecular formula is C10H9N5O3S. The number of aromatic nitrogens is 2. The highest BCUT2D eigenvalue weighted by atomic mass is 32.1. The van der Waals surface area contributed by atoms with Crippen LogP contribution in [0.15, 0.2) is 23.7 Å². The Kier molecular flexibility index (Phi) is 3.66. The van der Waals surface area contributed by atoms with Crippen molar-refractivity contribution in [3.63, 3.8) is 0 Å². The molecule has 2 aromatic rings. The van der Waals surface area contributed by atoms with Crippen LogP contribution in [-0.4, -0.2) is 28.1 Å². The van der Waals surface area contributed by atoms with Gasteiger partial charge in [-0.3, -0.25) is 20.2 Å². The van der Waals surface area contributed by atoms with Crippen molar-refractivity contribution in [2.45, 2.75) is 0 Å². The molecule has 98 valence electrons. The number of carbonyl (C=O) groups is 1. The average molecular weight is 279 g/mol. The third-order valence-electron chi connectivity index (χ3n) is 2.31. The Morgan fingerprint density at radius 3 is 2.84 bits per heavy atom. The van der Waals surface area contributed by atoms with Crippen molar-refractivity contribution < 1.29 is 9.72 Å². The second-order valence-corrected chi connectivity index (χ2v) is 4.24. The summed E-state index contributed by atoms with van der Waals surface area (Å²) in [6.07, 6.45) is 0. The maximum absolute atomic E-state index is 12.0. The molecule has 0 aliphatic carbocycles. The number of hydrogen-bond donors (Lipinski definition) is 2. The van der Waals surface area contributed by atoms with Crippen molar-refractivity contribution in [1.82, 2.24) is 10.2 Å². The van der Waals surface area contributed by atoms with Crippen molar-refractivity contribution in [1.29, 1.82) is 0 Å². The van der Waals surface area contributed by atoms with Crippen molar-refractivity contribution >= 4 is 33.8 Å². The van der Waals surface area contributed by atoms with E-state index in [4.69, 9.17) is 0 Å². The number of para-hydroxylation sites is 1. The first-order valence-electron chi connectivity index (χ1n) is 5.16. The van der Waals surface area contributed by atoms with Crippen LogP contribution >= 0.6 is 11.3 Å². The van der Waals surface area contributed by atoms with E-state index in [1.807, 2.05) is 0 Å². The van der Waals surface area contributed by atoms with Crippen LogP contribution in [0.2, 0.25) is 0 Å². The summed E-state index contributed by atoms with van der Waals surface area (Å²) in [4.78, 5) is 22.5. The summed E-state index contributed by atoms with van der Waals surface area (Å²) in [5, 5.41) is 23.7. The van der Waals surface area contributed by atoms with E-state index in [1.165, 1.54) is 17.6 Å². The molecule has 0 unspecified atom stereocenters. The molecule has 0 aliphatic rings. The predicted molar refractivity (Wildman–Crippen MR) is 70.5 cm³/mol. The molecule has 1 heterocycles. The Bertz CT molecular complexity index is 614. The number of hydrogen-bond acceptors (Lipinski definition) is 7. The topological polar surface area (TPSA) is 110 Å². The summed E-state index contributed by atoms with van der Waals surface area (Å²) in [6.45, 7) is 0. The van der Waals surface area contributed by atoms with E-state index in [9.17, 15) is 14.9 Å². The van der Waals surface area contributed by atoms with Gasteiger partial charge in [0.05, 0.1) is 4.92 Å². The first kappa shape index (κ1) is 12.9. The molecule has 1 amide bonds. The number of rotatable bonds is 4. The van der Waals surface area contributed by atoms with Crippen LogP contribution in [-0.2, 0) is 0 Å². The highest BCUT2D eigenvalue weighted by Crippen LogP contribution is 2.28. The van der Waals surface area contributed by atoms with Gasteiger partial charge in [-0.2, -0.15) is 0 Å². The van der Waals surface area contributed by atoms with E-state index in [0.717, 1.165) is 11.3 Å². The summed E-state index contributed by atoms with van der Waals surface area (Å²) in [5.74, 6) is -0.597. The Morgan fingerprint density at radius 1 is 1.47 bits per heavy atom. The second kappa shape index (κ2) is 5.40. The highest BCUT2D eigenvalue weighted by molar-refractivity contribution is 7.13. The number of anilines is 2. The van der Waals surface area contributed by atoms with Gasteiger partial charge in [0.1, 0.15) is 16.8 Å². The minimum absolute atomic E-state index is 0.0351. The first-order valence-corrected chi connectivity index (χ1v) is 6.04. The largest absolute Gasteiger partial charge is 0.383 e. The summed E-state index contributed by atoms with van der Waals surface area (Å²) in [7, 11) is 1.55. The molecule has 0 bridgehead atoms. The van der Waals surface area contributed by atoms with E-state index in [0.29, 0.717) is 0 Å². The molecule has 0 radical (unpaired) electrons. The van der Waals surface area contributed by atoms with Crippen LogP contribution in [0, 0.1) is 10.1 Å². The fourth-order valence-electron chi connectivity index (χ4n) is 1.52. The minimum atomic E-state index is -0.597. The fraction of sp³-hybridized carbons (Fsp3) is 0.100. The lowest BCUT2D eigenvalue weighted by Gasteiger charge is -2.06. The number of nitrogens with zero attached hydrogens (tertiary/aromatic N) is 3. The summed E-state index contributed by atoms with van der Waals surface area (Å²) in [5.41, 5.74) is 1.42. The van der Waals surface area contributed by atoms with E-state index in [2.05, 4.69) is 20.8 Å². The third kappa shape index (κ3) is 2.65. The number of carbonyl (C=O) groups excluding carboxylic acids is 1. The molecule has 0 spiro atoms. The van der Waals surface area contributed by atoms with Crippen LogP contribution in [0.3, 0.4) is 0 Å². The van der Waals surface area contributed by atoms with Crippen molar-refractivity contribution in [3.8, 4) is 0 Å². The Labute approximate surface area is 111 Å². The zero-order valence-corrected chi connectivity index (χ0v) is 10.6. The monoisotopic (exact) mass is 279 g/mol. The zero-order valence-electron chi connectivity index (χ0n) is 9.78. The Balaban J connectivity index is 2.38. The molecule has 0 saturated carbocycles. The predicted octanol–water partition coefficient (Wildman–Crippen LogP) is 1.74. The van der Waals surface area contributed by atoms with Gasteiger partial charge < -0.3 is 5.32 Å². The number of nitrogens with one attached hydrogen (secondary N) is 2. The molecular weight excluding hydrogens is 270 g/mol. The van der Waals surface area contributed by atoms with E-state index in [-0.39, 0.29) is 22.1 Å². The third-order valence-corrected chi connectivity index (χ3v) is 2.92. The SMILES string of the molecule is CNc1cccc(C(=O)Nc2nncs2)c1[N+](=O)[O-]. The molecule has 0 fully saturated rings. The second-order valence-electron chi connectivity index (χ2n) is 3.41. The van der Waals surface area contributed by atoms with Crippen LogP contribution in [0.5, 0.6) is 0 Å². The van der Waals surface area contributed by atoms with Gasteiger partial charge in [-0.15, -0.1) is 10.2 Å². The van der Waals surface area contributed by atoms with Gasteiger partial charge in [-0.1, -0.05) is 17.4 Å². The number of amides is 1. The van der Waals surface area contributed by atoms with Crippen LogP contribution in [0.25, 0.3) is 0 Å². The lowest BCUT2D eigenvalue weighted by atomic mass is 10.1. The molecule has 0 aliphatic heterocycles. The van der Waals surface area contributed by atoms with Gasteiger partial charge in [0.15, 0.2) is 0 Å². The Morgan fingerprint density at radius 2 is 2.26 bits per heavy atom. The van der Waals surface area contributed by atoms with Gasteiger partial charge in [0.2, 0.25) is 5.13 Å². The van der Waals surface area contributed by atoms with Crippen LogP contribution < -0.4 is 10.6 Å². The molecule has 2 rings (SSSR count). The van der Waals surface area contributed by atoms with E-state index >= 15 is 0 Å². The Hall–Kier alpha value is -2.55. The van der Waals surface area contributed by atoms with E-state index < -0.39 is 10.8 Å². The standard InChI is InChI=1S/C10H9N5O3S/c1-11-7-4-2-3-6(8(7)15(17)18)9(16)13-10-14-12-5-19-10/h2-5,11H,1H3,(H,13,14,16). The van der Waals surface area contributed by atoms with E-state index in [1.54, 1.807) is 13.1 Å². The molecule has 9 heteroatoms. The van der Waals surface area contributed by atoms with Crippen LogP contribution in [0.1, 0.15) is 10.4 Å². The number of nitro groups is 1. The zero-order chi connectivity index (χ0) is 13.8. The first-order chi connectivity index (χ1) is 9.13.